The van der Waals surface area contributed by atoms with E-state index in [1.54, 1.807) is 0 Å². The van der Waals surface area contributed by atoms with E-state index in [0.717, 1.165) is 11.9 Å². The maximum atomic E-state index is 10.9. The first-order valence-electron chi connectivity index (χ1n) is 5.84. The van der Waals surface area contributed by atoms with Gasteiger partial charge in [0.1, 0.15) is 0 Å². The Morgan fingerprint density at radius 3 is 2.56 bits per heavy atom. The van der Waals surface area contributed by atoms with Crippen LogP contribution in [0.3, 0.4) is 0 Å². The zero-order valence-corrected chi connectivity index (χ0v) is 12.9. The average molecular weight is 291 g/mol. The number of imidazole rings is 1. The van der Waals surface area contributed by atoms with Crippen LogP contribution in [0, 0.1) is 4.77 Å². The van der Waals surface area contributed by atoms with Gasteiger partial charge in [0.15, 0.2) is 4.77 Å². The maximum absolute atomic E-state index is 10.9. The Kier molecular flexibility index (Phi) is 4.74. The normalized spacial score (nSPS) is 12.9. The van der Waals surface area contributed by atoms with Gasteiger partial charge in [-0.3, -0.25) is 0 Å². The van der Waals surface area contributed by atoms with Gasteiger partial charge in [0.2, 0.25) is 10.0 Å². The van der Waals surface area contributed by atoms with E-state index < -0.39 is 10.0 Å². The van der Waals surface area contributed by atoms with Gasteiger partial charge in [-0.2, -0.15) is 0 Å². The summed E-state index contributed by atoms with van der Waals surface area (Å²) in [6.07, 6.45) is 3.80. The number of nitrogens with one attached hydrogen (secondary N) is 2. The molecule has 0 aromatic carbocycles. The smallest absolute Gasteiger partial charge is 0.208 e. The molecule has 0 radical (unpaired) electrons. The molecule has 2 N–H and O–H groups in total. The third-order valence-electron chi connectivity index (χ3n) is 2.56. The third kappa shape index (κ3) is 4.55. The predicted molar refractivity (Wildman–Crippen MR) is 75.8 cm³/mol. The molecule has 0 bridgehead atoms. The Morgan fingerprint density at radius 1 is 1.44 bits per heavy atom. The summed E-state index contributed by atoms with van der Waals surface area (Å²) in [7, 11) is -3.11. The van der Waals surface area contributed by atoms with Crippen molar-refractivity contribution >= 4 is 22.2 Å². The van der Waals surface area contributed by atoms with E-state index >= 15 is 0 Å². The summed E-state index contributed by atoms with van der Waals surface area (Å²) in [6, 6.07) is 0. The Balaban J connectivity index is 2.68. The highest BCUT2D eigenvalue weighted by Gasteiger charge is 2.18. The highest BCUT2D eigenvalue weighted by atomic mass is 32.2. The van der Waals surface area contributed by atoms with E-state index in [2.05, 4.69) is 30.5 Å². The largest absolute Gasteiger partial charge is 0.337 e. The van der Waals surface area contributed by atoms with Crippen molar-refractivity contribution in [3.05, 3.63) is 16.7 Å². The minimum absolute atomic E-state index is 0.0117. The van der Waals surface area contributed by atoms with Crippen molar-refractivity contribution < 1.29 is 8.42 Å². The molecule has 104 valence electrons. The molecule has 0 atom stereocenters. The molecule has 18 heavy (non-hydrogen) atoms. The molecule has 1 rings (SSSR count). The lowest BCUT2D eigenvalue weighted by atomic mass is 9.92. The molecule has 0 saturated heterocycles. The molecule has 0 amide bonds. The molecule has 7 heteroatoms. The molecule has 0 fully saturated rings. The number of aromatic amines is 1. The van der Waals surface area contributed by atoms with Gasteiger partial charge in [0.25, 0.3) is 0 Å². The number of H-pyrrole nitrogens is 1. The highest BCUT2D eigenvalue weighted by Crippen LogP contribution is 2.22. The fourth-order valence-electron chi connectivity index (χ4n) is 1.73. The molecule has 1 heterocycles. The third-order valence-corrected chi connectivity index (χ3v) is 3.63. The first kappa shape index (κ1) is 15.4. The molecule has 5 nitrogen and oxygen atoms in total. The van der Waals surface area contributed by atoms with Crippen LogP contribution in [0.25, 0.3) is 0 Å². The summed E-state index contributed by atoms with van der Waals surface area (Å²) in [4.78, 5) is 3.04. The number of sulfonamides is 1. The van der Waals surface area contributed by atoms with Crippen LogP contribution in [-0.4, -0.2) is 30.8 Å². The number of aromatic nitrogens is 2. The summed E-state index contributed by atoms with van der Waals surface area (Å²) < 4.78 is 27.1. The van der Waals surface area contributed by atoms with Crippen molar-refractivity contribution in [3.8, 4) is 0 Å². The minimum Gasteiger partial charge on any atom is -0.337 e. The first-order valence-corrected chi connectivity index (χ1v) is 8.14. The van der Waals surface area contributed by atoms with Gasteiger partial charge in [-0.25, -0.2) is 13.1 Å². The molecular formula is C11H21N3O2S2. The Morgan fingerprint density at radius 2 is 2.06 bits per heavy atom. The molecule has 0 aliphatic heterocycles. The van der Waals surface area contributed by atoms with Gasteiger partial charge in [0, 0.05) is 30.4 Å². The topological polar surface area (TPSA) is 66.9 Å². The standard InChI is InChI=1S/C11H21N3O2S2/c1-11(2,3)9-8-12-10(17)14(9)7-5-6-13-18(4,15)16/h8,13H,5-7H2,1-4H3,(H,12,17). The van der Waals surface area contributed by atoms with Gasteiger partial charge >= 0.3 is 0 Å². The molecular weight excluding hydrogens is 270 g/mol. The minimum atomic E-state index is -3.11. The number of rotatable bonds is 5. The lowest BCUT2D eigenvalue weighted by Gasteiger charge is -2.20. The van der Waals surface area contributed by atoms with Gasteiger partial charge in [-0.15, -0.1) is 0 Å². The molecule has 0 aliphatic rings. The van der Waals surface area contributed by atoms with Crippen molar-refractivity contribution in [1.82, 2.24) is 14.3 Å². The lowest BCUT2D eigenvalue weighted by molar-refractivity contribution is 0.502. The van der Waals surface area contributed by atoms with Gasteiger partial charge in [-0.05, 0) is 18.6 Å². The number of hydrogen-bond acceptors (Lipinski definition) is 3. The molecule has 1 aromatic heterocycles. The van der Waals surface area contributed by atoms with Gasteiger partial charge in [-0.1, -0.05) is 20.8 Å². The van der Waals surface area contributed by atoms with Crippen LogP contribution >= 0.6 is 12.2 Å². The van der Waals surface area contributed by atoms with Gasteiger partial charge < -0.3 is 9.55 Å². The number of hydrogen-bond donors (Lipinski definition) is 2. The quantitative estimate of drug-likeness (QED) is 0.642. The summed E-state index contributed by atoms with van der Waals surface area (Å²) in [6.45, 7) is 7.50. The van der Waals surface area contributed by atoms with Crippen LogP contribution in [0.5, 0.6) is 0 Å². The Bertz CT molecular complexity index is 550. The fraction of sp³-hybridized carbons (Fsp3) is 0.727. The second kappa shape index (κ2) is 5.54. The molecule has 0 saturated carbocycles. The SMILES string of the molecule is CC(C)(C)c1c[nH]c(=S)n1CCCNS(C)(=O)=O. The summed E-state index contributed by atoms with van der Waals surface area (Å²) in [5.41, 5.74) is 1.14. The fourth-order valence-corrected chi connectivity index (χ4v) is 2.50. The average Bonchev–Trinajstić information content (AvgIpc) is 2.53. The second-order valence-electron chi connectivity index (χ2n) is 5.40. The van der Waals surface area contributed by atoms with E-state index in [4.69, 9.17) is 12.2 Å². The van der Waals surface area contributed by atoms with Crippen molar-refractivity contribution in [1.29, 1.82) is 0 Å². The van der Waals surface area contributed by atoms with Crippen molar-refractivity contribution in [2.24, 2.45) is 0 Å². The Labute approximate surface area is 114 Å². The lowest BCUT2D eigenvalue weighted by Crippen LogP contribution is -2.25. The molecule has 0 spiro atoms. The van der Waals surface area contributed by atoms with E-state index in [1.165, 1.54) is 0 Å². The zero-order chi connectivity index (χ0) is 14.0. The Hall–Kier alpha value is -0.660. The van der Waals surface area contributed by atoms with Crippen molar-refractivity contribution in [2.75, 3.05) is 12.8 Å². The number of nitrogens with zero attached hydrogens (tertiary/aromatic N) is 1. The zero-order valence-electron chi connectivity index (χ0n) is 11.3. The van der Waals surface area contributed by atoms with Crippen LogP contribution in [0.1, 0.15) is 32.9 Å². The predicted octanol–water partition coefficient (Wildman–Crippen LogP) is 1.78. The second-order valence-corrected chi connectivity index (χ2v) is 7.62. The summed E-state index contributed by atoms with van der Waals surface area (Å²) >= 11 is 5.23. The van der Waals surface area contributed by atoms with E-state index in [1.807, 2.05) is 10.8 Å². The van der Waals surface area contributed by atoms with Crippen LogP contribution in [0.4, 0.5) is 0 Å². The molecule has 1 aromatic rings. The van der Waals surface area contributed by atoms with E-state index in [-0.39, 0.29) is 5.41 Å². The van der Waals surface area contributed by atoms with Gasteiger partial charge in [0.05, 0.1) is 6.26 Å². The molecule has 0 aliphatic carbocycles. The maximum Gasteiger partial charge on any atom is 0.208 e. The first-order chi connectivity index (χ1) is 8.11. The monoisotopic (exact) mass is 291 g/mol. The highest BCUT2D eigenvalue weighted by molar-refractivity contribution is 7.88. The molecule has 0 unspecified atom stereocenters. The van der Waals surface area contributed by atoms with Crippen LogP contribution in [0.2, 0.25) is 0 Å². The van der Waals surface area contributed by atoms with Crippen LogP contribution in [0.15, 0.2) is 6.20 Å². The summed E-state index contributed by atoms with van der Waals surface area (Å²) in [5, 5.41) is 0. The van der Waals surface area contributed by atoms with E-state index in [0.29, 0.717) is 24.3 Å². The van der Waals surface area contributed by atoms with Crippen LogP contribution in [-0.2, 0) is 22.0 Å². The van der Waals surface area contributed by atoms with Crippen molar-refractivity contribution in [2.45, 2.75) is 39.2 Å². The van der Waals surface area contributed by atoms with E-state index in [9.17, 15) is 8.42 Å². The van der Waals surface area contributed by atoms with Crippen LogP contribution < -0.4 is 4.72 Å². The van der Waals surface area contributed by atoms with Crippen molar-refractivity contribution in [3.63, 3.8) is 0 Å². The summed E-state index contributed by atoms with van der Waals surface area (Å²) in [5.74, 6) is 0.